The Labute approximate surface area is 263 Å². The summed E-state index contributed by atoms with van der Waals surface area (Å²) in [6.07, 6.45) is 25.7. The molecule has 0 rings (SSSR count). The number of hydrogen-bond donors (Lipinski definition) is 2. The van der Waals surface area contributed by atoms with Gasteiger partial charge in [0.2, 0.25) is 0 Å². The first-order chi connectivity index (χ1) is 20.8. The number of carbonyl (C=O) groups is 2. The van der Waals surface area contributed by atoms with Crippen molar-refractivity contribution in [2.24, 2.45) is 0 Å². The van der Waals surface area contributed by atoms with Gasteiger partial charge in [-0.3, -0.25) is 18.6 Å². The van der Waals surface area contributed by atoms with Crippen molar-refractivity contribution in [2.45, 2.75) is 174 Å². The molecule has 0 bridgehead atoms. The smallest absolute Gasteiger partial charge is 0.462 e. The molecule has 43 heavy (non-hydrogen) atoms. The molecule has 0 aliphatic rings. The van der Waals surface area contributed by atoms with Crippen LogP contribution in [0, 0.1) is 0 Å². The fourth-order valence-electron chi connectivity index (χ4n) is 4.88. The molecule has 2 atom stereocenters. The summed E-state index contributed by atoms with van der Waals surface area (Å²) in [7, 11) is -4.31. The lowest BCUT2D eigenvalue weighted by Crippen LogP contribution is -2.52. The average molecular weight is 637 g/mol. The van der Waals surface area contributed by atoms with Gasteiger partial charge in [0, 0.05) is 12.8 Å². The van der Waals surface area contributed by atoms with Crippen molar-refractivity contribution in [3.63, 3.8) is 0 Å². The number of unbranched alkanes of at least 4 members (excludes halogenated alkanes) is 20. The molecule has 0 aliphatic heterocycles. The van der Waals surface area contributed by atoms with E-state index < -0.39 is 26.5 Å². The maximum Gasteiger partial charge on any atom is 0.472 e. The minimum atomic E-state index is -4.31. The predicted octanol–water partition coefficient (Wildman–Crippen LogP) is 8.22. The lowest BCUT2D eigenvalue weighted by molar-refractivity contribution is -0.371. The highest BCUT2D eigenvalue weighted by molar-refractivity contribution is 7.47. The second-order valence-electron chi connectivity index (χ2n) is 11.8. The van der Waals surface area contributed by atoms with Crippen molar-refractivity contribution in [2.75, 3.05) is 26.4 Å². The monoisotopic (exact) mass is 636 g/mol. The number of carbonyl (C=O) groups excluding carboxylic acids is 2. The molecule has 10 heteroatoms. The van der Waals surface area contributed by atoms with Gasteiger partial charge in [0.05, 0.1) is 13.2 Å². The van der Waals surface area contributed by atoms with E-state index in [1.807, 2.05) is 0 Å². The van der Waals surface area contributed by atoms with Gasteiger partial charge in [0.25, 0.3) is 0 Å². The lowest BCUT2D eigenvalue weighted by atomic mass is 10.1. The van der Waals surface area contributed by atoms with Crippen LogP contribution in [0.1, 0.15) is 168 Å². The molecule has 0 saturated heterocycles. The number of quaternary nitrogens is 1. The first-order valence-corrected chi connectivity index (χ1v) is 19.1. The highest BCUT2D eigenvalue weighted by Gasteiger charge is 2.26. The van der Waals surface area contributed by atoms with Gasteiger partial charge in [0.1, 0.15) is 13.2 Å². The van der Waals surface area contributed by atoms with E-state index >= 15 is 0 Å². The largest absolute Gasteiger partial charge is 0.472 e. The van der Waals surface area contributed by atoms with Crippen LogP contribution in [0.15, 0.2) is 0 Å². The van der Waals surface area contributed by atoms with Crippen LogP contribution in [0.3, 0.4) is 0 Å². The molecule has 1 unspecified atom stereocenters. The topological polar surface area (TPSA) is 136 Å². The van der Waals surface area contributed by atoms with E-state index in [4.69, 9.17) is 18.5 Å². The van der Waals surface area contributed by atoms with Gasteiger partial charge in [-0.2, -0.15) is 0 Å². The van der Waals surface area contributed by atoms with Crippen molar-refractivity contribution in [1.82, 2.24) is 0 Å². The quantitative estimate of drug-likeness (QED) is 0.0418. The van der Waals surface area contributed by atoms with Gasteiger partial charge in [-0.05, 0) is 12.8 Å². The molecule has 0 radical (unpaired) electrons. The van der Waals surface area contributed by atoms with Crippen LogP contribution in [-0.2, 0) is 32.7 Å². The van der Waals surface area contributed by atoms with Crippen molar-refractivity contribution in [3.8, 4) is 0 Å². The Bertz CT molecular complexity index is 694. The van der Waals surface area contributed by atoms with Gasteiger partial charge < -0.3 is 20.1 Å². The summed E-state index contributed by atoms with van der Waals surface area (Å²) in [4.78, 5) is 34.6. The van der Waals surface area contributed by atoms with Gasteiger partial charge in [-0.1, -0.05) is 142 Å². The highest BCUT2D eigenvalue weighted by Crippen LogP contribution is 2.43. The van der Waals surface area contributed by atoms with E-state index in [0.717, 1.165) is 32.1 Å². The van der Waals surface area contributed by atoms with Crippen LogP contribution in [0.2, 0.25) is 0 Å². The fourth-order valence-corrected chi connectivity index (χ4v) is 5.67. The number of ether oxygens (including phenoxy) is 2. The maximum absolute atomic E-state index is 12.5. The van der Waals surface area contributed by atoms with E-state index in [9.17, 15) is 19.0 Å². The Hall–Kier alpha value is -0.990. The van der Waals surface area contributed by atoms with Crippen LogP contribution in [0.25, 0.3) is 0 Å². The Morgan fingerprint density at radius 1 is 0.605 bits per heavy atom. The normalized spacial score (nSPS) is 13.5. The second-order valence-corrected chi connectivity index (χ2v) is 13.3. The third kappa shape index (κ3) is 30.8. The number of hydrogen-bond acceptors (Lipinski definition) is 7. The molecule has 0 aromatic rings. The van der Waals surface area contributed by atoms with E-state index in [1.165, 1.54) is 103 Å². The maximum atomic E-state index is 12.5. The Morgan fingerprint density at radius 3 is 1.42 bits per heavy atom. The summed E-state index contributed by atoms with van der Waals surface area (Å²) in [5.41, 5.74) is 3.56. The van der Waals surface area contributed by atoms with E-state index in [1.54, 1.807) is 0 Å². The summed E-state index contributed by atoms with van der Waals surface area (Å²) >= 11 is 0. The minimum absolute atomic E-state index is 0.0367. The molecule has 0 amide bonds. The standard InChI is InChI=1S/C33H66NO8P/c1-3-5-7-9-11-13-15-17-19-21-23-25-32(35)39-29-31(30-41-43(37,38)40-28-27-34)42-33(36)26-24-22-20-18-16-14-12-10-8-6-4-2/h31H,3-30,34H2,1-2H3,(H,37,38)/p+1/t31-/m1/s1. The first-order valence-electron chi connectivity index (χ1n) is 17.6. The van der Waals surface area contributed by atoms with Crippen LogP contribution in [-0.4, -0.2) is 49.3 Å². The second kappa shape index (κ2) is 31.0. The molecular weight excluding hydrogens is 569 g/mol. The van der Waals surface area contributed by atoms with Crippen molar-refractivity contribution in [3.05, 3.63) is 0 Å². The van der Waals surface area contributed by atoms with E-state index in [-0.39, 0.29) is 25.6 Å². The zero-order valence-corrected chi connectivity index (χ0v) is 28.7. The number of esters is 2. The molecule has 0 aromatic carbocycles. The van der Waals surface area contributed by atoms with Crippen LogP contribution < -0.4 is 5.73 Å². The Kier molecular flexibility index (Phi) is 30.3. The molecule has 0 fully saturated rings. The van der Waals surface area contributed by atoms with Crippen molar-refractivity contribution in [1.29, 1.82) is 0 Å². The van der Waals surface area contributed by atoms with Gasteiger partial charge in [0.15, 0.2) is 6.10 Å². The zero-order chi connectivity index (χ0) is 31.9. The van der Waals surface area contributed by atoms with Crippen molar-refractivity contribution >= 4 is 19.8 Å². The number of phosphoric ester groups is 1. The lowest BCUT2D eigenvalue weighted by Gasteiger charge is -2.19. The van der Waals surface area contributed by atoms with Crippen LogP contribution >= 0.6 is 7.82 Å². The highest BCUT2D eigenvalue weighted by atomic mass is 31.2. The zero-order valence-electron chi connectivity index (χ0n) is 27.8. The predicted molar refractivity (Wildman–Crippen MR) is 172 cm³/mol. The number of phosphoric acid groups is 1. The summed E-state index contributed by atoms with van der Waals surface area (Å²) < 4.78 is 32.7. The SMILES string of the molecule is CCCCCCCCCCCCCC(=O)OC[C@H](COP(=O)(O)OCC[NH3+])OC(=O)CCCCCCCCCCCCC. The molecule has 0 heterocycles. The Balaban J connectivity index is 4.25. The van der Waals surface area contributed by atoms with Gasteiger partial charge >= 0.3 is 19.8 Å². The third-order valence-corrected chi connectivity index (χ3v) is 8.50. The number of rotatable bonds is 33. The van der Waals surface area contributed by atoms with Crippen LogP contribution in [0.4, 0.5) is 0 Å². The molecule has 0 aliphatic carbocycles. The van der Waals surface area contributed by atoms with E-state index in [2.05, 4.69) is 19.6 Å². The molecular formula is C33H67NO8P+. The van der Waals surface area contributed by atoms with Gasteiger partial charge in [-0.15, -0.1) is 0 Å². The fraction of sp³-hybridized carbons (Fsp3) is 0.939. The summed E-state index contributed by atoms with van der Waals surface area (Å²) in [5, 5.41) is 0. The molecule has 0 spiro atoms. The molecule has 9 nitrogen and oxygen atoms in total. The van der Waals surface area contributed by atoms with Crippen LogP contribution in [0.5, 0.6) is 0 Å². The Morgan fingerprint density at radius 2 is 1.00 bits per heavy atom. The molecule has 0 saturated carbocycles. The van der Waals surface area contributed by atoms with E-state index in [0.29, 0.717) is 19.4 Å². The van der Waals surface area contributed by atoms with Gasteiger partial charge in [-0.25, -0.2) is 4.57 Å². The molecule has 4 N–H and O–H groups in total. The first kappa shape index (κ1) is 42.0. The minimum Gasteiger partial charge on any atom is -0.462 e. The third-order valence-electron chi connectivity index (χ3n) is 7.52. The van der Waals surface area contributed by atoms with Crippen molar-refractivity contribution < 1.29 is 43.3 Å². The molecule has 0 aromatic heterocycles. The summed E-state index contributed by atoms with van der Waals surface area (Å²) in [6.45, 7) is 4.11. The summed E-state index contributed by atoms with van der Waals surface area (Å²) in [6, 6.07) is 0. The average Bonchev–Trinajstić information content (AvgIpc) is 2.99. The summed E-state index contributed by atoms with van der Waals surface area (Å²) in [5.74, 6) is -0.805. The molecule has 256 valence electrons.